The van der Waals surface area contributed by atoms with E-state index in [1.54, 1.807) is 6.33 Å². The van der Waals surface area contributed by atoms with Crippen LogP contribution in [0.3, 0.4) is 0 Å². The maximum Gasteiger partial charge on any atom is 0.159 e. The molecule has 0 aliphatic carbocycles. The Morgan fingerprint density at radius 1 is 0.952 bits per heavy atom. The fourth-order valence-corrected chi connectivity index (χ4v) is 2.54. The Balaban J connectivity index is 2.12. The summed E-state index contributed by atoms with van der Waals surface area (Å²) in [6.45, 7) is 0. The lowest BCUT2D eigenvalue weighted by atomic mass is 10.1. The summed E-state index contributed by atoms with van der Waals surface area (Å²) >= 11 is 0. The molecule has 0 fully saturated rings. The minimum Gasteiger partial charge on any atom is -0.282 e. The molecule has 2 aromatic carbocycles. The van der Waals surface area contributed by atoms with E-state index in [1.807, 2.05) is 59.0 Å². The standard InChI is InChI=1S/C17H10N4/c18-10-13-16(12-6-2-1-3-7-12)19-11-21-15-9-5-4-8-14(15)20-17(13)21/h1-9,11H. The van der Waals surface area contributed by atoms with Crippen molar-refractivity contribution in [3.05, 3.63) is 66.5 Å². The van der Waals surface area contributed by atoms with Crippen LogP contribution in [0.2, 0.25) is 0 Å². The Hall–Kier alpha value is -3.19. The summed E-state index contributed by atoms with van der Waals surface area (Å²) in [5.41, 5.74) is 4.55. The molecule has 0 unspecified atom stereocenters. The summed E-state index contributed by atoms with van der Waals surface area (Å²) < 4.78 is 1.86. The van der Waals surface area contributed by atoms with E-state index in [4.69, 9.17) is 0 Å². The number of fused-ring (bicyclic) bond motifs is 3. The smallest absolute Gasteiger partial charge is 0.159 e. The van der Waals surface area contributed by atoms with E-state index in [1.165, 1.54) is 0 Å². The van der Waals surface area contributed by atoms with Crippen molar-refractivity contribution in [1.29, 1.82) is 5.26 Å². The number of hydrogen-bond donors (Lipinski definition) is 0. The van der Waals surface area contributed by atoms with Gasteiger partial charge in [0.05, 0.1) is 16.7 Å². The van der Waals surface area contributed by atoms with Gasteiger partial charge in [-0.05, 0) is 12.1 Å². The summed E-state index contributed by atoms with van der Waals surface area (Å²) in [7, 11) is 0. The molecule has 0 bridgehead atoms. The molecule has 0 radical (unpaired) electrons. The molecular weight excluding hydrogens is 260 g/mol. The van der Waals surface area contributed by atoms with E-state index in [0.29, 0.717) is 16.9 Å². The SMILES string of the molecule is N#Cc1c(-c2ccccc2)ncn2c1nc1ccccc12. The summed E-state index contributed by atoms with van der Waals surface area (Å²) in [6, 6.07) is 19.8. The number of imidazole rings is 1. The molecule has 4 rings (SSSR count). The summed E-state index contributed by atoms with van der Waals surface area (Å²) in [4.78, 5) is 9.04. The first-order valence-corrected chi connectivity index (χ1v) is 6.60. The number of para-hydroxylation sites is 2. The highest BCUT2D eigenvalue weighted by molar-refractivity contribution is 5.84. The van der Waals surface area contributed by atoms with Crippen LogP contribution in [0.25, 0.3) is 27.9 Å². The van der Waals surface area contributed by atoms with E-state index < -0.39 is 0 Å². The van der Waals surface area contributed by atoms with E-state index in [2.05, 4.69) is 16.0 Å². The monoisotopic (exact) mass is 270 g/mol. The van der Waals surface area contributed by atoms with Gasteiger partial charge in [0.25, 0.3) is 0 Å². The minimum atomic E-state index is 0.500. The van der Waals surface area contributed by atoms with Crippen LogP contribution in [-0.2, 0) is 0 Å². The Morgan fingerprint density at radius 2 is 1.71 bits per heavy atom. The van der Waals surface area contributed by atoms with Gasteiger partial charge in [-0.3, -0.25) is 4.40 Å². The number of nitrogens with zero attached hydrogens (tertiary/aromatic N) is 4. The first-order valence-electron chi connectivity index (χ1n) is 6.60. The van der Waals surface area contributed by atoms with Crippen molar-refractivity contribution in [3.8, 4) is 17.3 Å². The molecule has 0 saturated heterocycles. The lowest BCUT2D eigenvalue weighted by molar-refractivity contribution is 1.11. The number of aromatic nitrogens is 3. The van der Waals surface area contributed by atoms with Crippen molar-refractivity contribution in [3.63, 3.8) is 0 Å². The van der Waals surface area contributed by atoms with Crippen molar-refractivity contribution in [2.24, 2.45) is 0 Å². The van der Waals surface area contributed by atoms with E-state index in [-0.39, 0.29) is 0 Å². The number of hydrogen-bond acceptors (Lipinski definition) is 3. The lowest BCUT2D eigenvalue weighted by Crippen LogP contribution is -1.96. The fourth-order valence-electron chi connectivity index (χ4n) is 2.54. The van der Waals surface area contributed by atoms with Crippen molar-refractivity contribution in [1.82, 2.24) is 14.4 Å². The highest BCUT2D eigenvalue weighted by Gasteiger charge is 2.14. The lowest BCUT2D eigenvalue weighted by Gasteiger charge is -2.04. The van der Waals surface area contributed by atoms with Crippen molar-refractivity contribution < 1.29 is 0 Å². The van der Waals surface area contributed by atoms with Gasteiger partial charge in [0.1, 0.15) is 18.0 Å². The Morgan fingerprint density at radius 3 is 2.52 bits per heavy atom. The van der Waals surface area contributed by atoms with Crippen LogP contribution in [0.1, 0.15) is 5.56 Å². The van der Waals surface area contributed by atoms with Gasteiger partial charge in [-0.15, -0.1) is 0 Å². The second-order valence-corrected chi connectivity index (χ2v) is 4.74. The zero-order valence-corrected chi connectivity index (χ0v) is 11.1. The molecule has 0 saturated carbocycles. The molecule has 0 spiro atoms. The zero-order chi connectivity index (χ0) is 14.2. The first-order chi connectivity index (χ1) is 10.4. The van der Waals surface area contributed by atoms with Crippen LogP contribution in [-0.4, -0.2) is 14.4 Å². The van der Waals surface area contributed by atoms with E-state index in [0.717, 1.165) is 16.6 Å². The predicted molar refractivity (Wildman–Crippen MR) is 80.6 cm³/mol. The molecule has 0 amide bonds. The molecule has 4 nitrogen and oxygen atoms in total. The maximum absolute atomic E-state index is 9.56. The van der Waals surface area contributed by atoms with E-state index >= 15 is 0 Å². The van der Waals surface area contributed by atoms with E-state index in [9.17, 15) is 5.26 Å². The van der Waals surface area contributed by atoms with Gasteiger partial charge >= 0.3 is 0 Å². The van der Waals surface area contributed by atoms with Crippen LogP contribution in [0.15, 0.2) is 60.9 Å². The molecule has 2 aromatic heterocycles. The fraction of sp³-hybridized carbons (Fsp3) is 0. The average molecular weight is 270 g/mol. The van der Waals surface area contributed by atoms with Crippen LogP contribution in [0.5, 0.6) is 0 Å². The highest BCUT2D eigenvalue weighted by Crippen LogP contribution is 2.26. The molecular formula is C17H10N4. The topological polar surface area (TPSA) is 54.0 Å². The van der Waals surface area contributed by atoms with Gasteiger partial charge in [-0.2, -0.15) is 5.26 Å². The van der Waals surface area contributed by atoms with Crippen molar-refractivity contribution in [2.45, 2.75) is 0 Å². The number of benzene rings is 2. The van der Waals surface area contributed by atoms with Gasteiger partial charge in [0.2, 0.25) is 0 Å². The molecule has 21 heavy (non-hydrogen) atoms. The number of rotatable bonds is 1. The third-order valence-electron chi connectivity index (χ3n) is 3.52. The first kappa shape index (κ1) is 11.6. The van der Waals surface area contributed by atoms with Crippen LogP contribution >= 0.6 is 0 Å². The summed E-state index contributed by atoms with van der Waals surface area (Å²) in [5.74, 6) is 0. The second-order valence-electron chi connectivity index (χ2n) is 4.74. The third kappa shape index (κ3) is 1.68. The maximum atomic E-state index is 9.56. The van der Waals surface area contributed by atoms with Crippen molar-refractivity contribution >= 4 is 16.7 Å². The third-order valence-corrected chi connectivity index (χ3v) is 3.52. The van der Waals surface area contributed by atoms with Crippen LogP contribution < -0.4 is 0 Å². The van der Waals surface area contributed by atoms with Gasteiger partial charge in [0.15, 0.2) is 5.65 Å². The van der Waals surface area contributed by atoms with Crippen LogP contribution in [0, 0.1) is 11.3 Å². The van der Waals surface area contributed by atoms with Gasteiger partial charge in [0, 0.05) is 5.56 Å². The molecule has 2 heterocycles. The predicted octanol–water partition coefficient (Wildman–Crippen LogP) is 3.42. The molecule has 98 valence electrons. The largest absolute Gasteiger partial charge is 0.282 e. The van der Waals surface area contributed by atoms with Gasteiger partial charge in [-0.25, -0.2) is 9.97 Å². The summed E-state index contributed by atoms with van der Waals surface area (Å²) in [5, 5.41) is 9.56. The Labute approximate surface area is 120 Å². The molecule has 0 N–H and O–H groups in total. The molecule has 4 heteroatoms. The van der Waals surface area contributed by atoms with Gasteiger partial charge < -0.3 is 0 Å². The van der Waals surface area contributed by atoms with Gasteiger partial charge in [-0.1, -0.05) is 42.5 Å². The quantitative estimate of drug-likeness (QED) is 0.532. The normalized spacial score (nSPS) is 10.8. The minimum absolute atomic E-state index is 0.500. The average Bonchev–Trinajstić information content (AvgIpc) is 2.93. The van der Waals surface area contributed by atoms with Crippen molar-refractivity contribution in [2.75, 3.05) is 0 Å². The molecule has 0 atom stereocenters. The summed E-state index contributed by atoms with van der Waals surface area (Å²) in [6.07, 6.45) is 1.73. The Kier molecular flexibility index (Phi) is 2.45. The second kappa shape index (κ2) is 4.43. The van der Waals surface area contributed by atoms with Crippen LogP contribution in [0.4, 0.5) is 0 Å². The Bertz CT molecular complexity index is 994. The number of nitriles is 1. The molecule has 0 aliphatic heterocycles. The zero-order valence-electron chi connectivity index (χ0n) is 11.1. The molecule has 4 aromatic rings. The highest BCUT2D eigenvalue weighted by atomic mass is 15.1. The molecule has 0 aliphatic rings.